The van der Waals surface area contributed by atoms with E-state index in [2.05, 4.69) is 5.32 Å². The molecule has 0 atom stereocenters. The molecule has 1 N–H and O–H groups in total. The zero-order chi connectivity index (χ0) is 21.0. The van der Waals surface area contributed by atoms with Crippen LogP contribution in [-0.2, 0) is 14.3 Å². The number of nitrogens with one attached hydrogen (secondary N) is 1. The van der Waals surface area contributed by atoms with Crippen molar-refractivity contribution < 1.29 is 24.0 Å². The molecule has 0 saturated carbocycles. The summed E-state index contributed by atoms with van der Waals surface area (Å²) < 4.78 is 4.96. The summed E-state index contributed by atoms with van der Waals surface area (Å²) in [6.45, 7) is 1.70. The van der Waals surface area contributed by atoms with E-state index in [0.717, 1.165) is 12.1 Å². The first-order chi connectivity index (χ1) is 13.8. The molecule has 1 heterocycles. The van der Waals surface area contributed by atoms with Gasteiger partial charge in [-0.25, -0.2) is 4.79 Å². The van der Waals surface area contributed by atoms with E-state index in [1.807, 2.05) is 0 Å². The van der Waals surface area contributed by atoms with Gasteiger partial charge in [0.25, 0.3) is 11.6 Å². The zero-order valence-corrected chi connectivity index (χ0v) is 15.7. The van der Waals surface area contributed by atoms with Crippen LogP contribution >= 0.6 is 0 Å². The summed E-state index contributed by atoms with van der Waals surface area (Å²) in [4.78, 5) is 47.8. The topological polar surface area (TPSA) is 119 Å². The molecule has 0 bridgehead atoms. The van der Waals surface area contributed by atoms with E-state index in [-0.39, 0.29) is 17.2 Å². The Kier molecular flexibility index (Phi) is 5.87. The summed E-state index contributed by atoms with van der Waals surface area (Å²) in [7, 11) is 0. The summed E-state index contributed by atoms with van der Waals surface area (Å²) in [5, 5.41) is 13.4. The Balaban J connectivity index is 1.53. The predicted molar refractivity (Wildman–Crippen MR) is 105 cm³/mol. The zero-order valence-electron chi connectivity index (χ0n) is 15.7. The number of nitro benzene ring substituents is 1. The van der Waals surface area contributed by atoms with Crippen LogP contribution in [0.15, 0.2) is 42.5 Å². The van der Waals surface area contributed by atoms with Crippen molar-refractivity contribution >= 4 is 34.8 Å². The Bertz CT molecular complexity index is 971. The quantitative estimate of drug-likeness (QED) is 0.455. The van der Waals surface area contributed by atoms with Crippen LogP contribution in [0.25, 0.3) is 0 Å². The average molecular weight is 397 g/mol. The van der Waals surface area contributed by atoms with Crippen LogP contribution in [0, 0.1) is 17.0 Å². The van der Waals surface area contributed by atoms with Crippen LogP contribution < -0.4 is 10.2 Å². The molecule has 1 aliphatic heterocycles. The van der Waals surface area contributed by atoms with E-state index in [0.29, 0.717) is 24.2 Å². The van der Waals surface area contributed by atoms with Crippen molar-refractivity contribution in [3.8, 4) is 0 Å². The third-order valence-corrected chi connectivity index (χ3v) is 4.50. The summed E-state index contributed by atoms with van der Waals surface area (Å²) in [6, 6.07) is 10.7. The third kappa shape index (κ3) is 4.75. The molecule has 9 heteroatoms. The van der Waals surface area contributed by atoms with E-state index in [1.54, 1.807) is 29.2 Å². The average Bonchev–Trinajstić information content (AvgIpc) is 3.12. The van der Waals surface area contributed by atoms with Crippen LogP contribution in [0.3, 0.4) is 0 Å². The minimum atomic E-state index is -0.749. The van der Waals surface area contributed by atoms with Crippen LogP contribution in [0.2, 0.25) is 0 Å². The molecule has 0 aliphatic carbocycles. The van der Waals surface area contributed by atoms with E-state index in [9.17, 15) is 24.5 Å². The third-order valence-electron chi connectivity index (χ3n) is 4.50. The van der Waals surface area contributed by atoms with Crippen molar-refractivity contribution in [3.63, 3.8) is 0 Å². The highest BCUT2D eigenvalue weighted by atomic mass is 16.6. The van der Waals surface area contributed by atoms with Crippen molar-refractivity contribution in [3.05, 3.63) is 63.7 Å². The normalized spacial score (nSPS) is 13.3. The molecule has 9 nitrogen and oxygen atoms in total. The fourth-order valence-electron chi connectivity index (χ4n) is 3.04. The molecule has 29 heavy (non-hydrogen) atoms. The number of ether oxygens (including phenoxy) is 1. The van der Waals surface area contributed by atoms with Gasteiger partial charge in [0.05, 0.1) is 10.5 Å². The molecule has 3 rings (SSSR count). The van der Waals surface area contributed by atoms with Gasteiger partial charge in [-0.15, -0.1) is 0 Å². The Labute approximate surface area is 166 Å². The van der Waals surface area contributed by atoms with Gasteiger partial charge >= 0.3 is 5.97 Å². The van der Waals surface area contributed by atoms with Crippen molar-refractivity contribution in [2.45, 2.75) is 19.8 Å². The number of carbonyl (C=O) groups is 3. The molecular weight excluding hydrogens is 378 g/mol. The number of benzene rings is 2. The standard InChI is InChI=1S/C20H19N3O6/c1-13-11-14(4-9-17(13)23(27)28)20(26)29-12-18(24)21-15-5-7-16(8-6-15)22-10-2-3-19(22)25/h4-9,11H,2-3,10,12H2,1H3,(H,21,24). The number of amides is 2. The van der Waals surface area contributed by atoms with Crippen LogP contribution in [0.4, 0.5) is 17.1 Å². The highest BCUT2D eigenvalue weighted by molar-refractivity contribution is 5.97. The van der Waals surface area contributed by atoms with Gasteiger partial charge in [-0.05, 0) is 49.7 Å². The van der Waals surface area contributed by atoms with Crippen molar-refractivity contribution in [1.82, 2.24) is 0 Å². The predicted octanol–water partition coefficient (Wildman–Crippen LogP) is 2.83. The van der Waals surface area contributed by atoms with Gasteiger partial charge in [-0.2, -0.15) is 0 Å². The van der Waals surface area contributed by atoms with Gasteiger partial charge in [0, 0.05) is 36.0 Å². The number of hydrogen-bond acceptors (Lipinski definition) is 6. The number of esters is 1. The summed E-state index contributed by atoms with van der Waals surface area (Å²) in [5.41, 5.74) is 1.63. The lowest BCUT2D eigenvalue weighted by Crippen LogP contribution is -2.23. The number of nitro groups is 1. The van der Waals surface area contributed by atoms with Gasteiger partial charge in [0.15, 0.2) is 6.61 Å². The molecule has 1 aliphatic rings. The Morgan fingerprint density at radius 2 is 1.93 bits per heavy atom. The molecule has 2 amide bonds. The van der Waals surface area contributed by atoms with E-state index in [1.165, 1.54) is 25.1 Å². The number of anilines is 2. The van der Waals surface area contributed by atoms with Crippen molar-refractivity contribution in [2.24, 2.45) is 0 Å². The molecule has 0 radical (unpaired) electrons. The Morgan fingerprint density at radius 1 is 1.21 bits per heavy atom. The molecule has 1 saturated heterocycles. The maximum atomic E-state index is 12.0. The highest BCUT2D eigenvalue weighted by Crippen LogP contribution is 2.23. The van der Waals surface area contributed by atoms with Gasteiger partial charge in [-0.3, -0.25) is 19.7 Å². The molecule has 0 spiro atoms. The molecule has 0 aromatic heterocycles. The van der Waals surface area contributed by atoms with Gasteiger partial charge in [0.1, 0.15) is 0 Å². The molecule has 150 valence electrons. The first kappa shape index (κ1) is 20.0. The lowest BCUT2D eigenvalue weighted by Gasteiger charge is -2.16. The Morgan fingerprint density at radius 3 is 2.52 bits per heavy atom. The first-order valence-electron chi connectivity index (χ1n) is 8.97. The monoisotopic (exact) mass is 397 g/mol. The smallest absolute Gasteiger partial charge is 0.338 e. The second-order valence-corrected chi connectivity index (χ2v) is 6.58. The number of aryl methyl sites for hydroxylation is 1. The first-order valence-corrected chi connectivity index (χ1v) is 8.97. The second-order valence-electron chi connectivity index (χ2n) is 6.58. The lowest BCUT2D eigenvalue weighted by molar-refractivity contribution is -0.385. The van der Waals surface area contributed by atoms with Crippen LogP contribution in [0.1, 0.15) is 28.8 Å². The molecule has 1 fully saturated rings. The molecule has 2 aromatic carbocycles. The maximum Gasteiger partial charge on any atom is 0.338 e. The number of nitrogens with zero attached hydrogens (tertiary/aromatic N) is 2. The summed E-state index contributed by atoms with van der Waals surface area (Å²) in [5.74, 6) is -1.20. The molecule has 2 aromatic rings. The van der Waals surface area contributed by atoms with Gasteiger partial charge < -0.3 is 15.0 Å². The number of rotatable bonds is 6. The van der Waals surface area contributed by atoms with Gasteiger partial charge in [0.2, 0.25) is 5.91 Å². The summed E-state index contributed by atoms with van der Waals surface area (Å²) >= 11 is 0. The minimum Gasteiger partial charge on any atom is -0.452 e. The largest absolute Gasteiger partial charge is 0.452 e. The van der Waals surface area contributed by atoms with E-state index < -0.39 is 23.4 Å². The number of carbonyl (C=O) groups excluding carboxylic acids is 3. The Hall–Kier alpha value is -3.75. The van der Waals surface area contributed by atoms with E-state index >= 15 is 0 Å². The minimum absolute atomic E-state index is 0.0789. The molecular formula is C20H19N3O6. The van der Waals surface area contributed by atoms with Crippen LogP contribution in [-0.4, -0.2) is 35.9 Å². The lowest BCUT2D eigenvalue weighted by atomic mass is 10.1. The SMILES string of the molecule is Cc1cc(C(=O)OCC(=O)Nc2ccc(N3CCCC3=O)cc2)ccc1[N+](=O)[O-]. The molecule has 0 unspecified atom stereocenters. The highest BCUT2D eigenvalue weighted by Gasteiger charge is 2.21. The number of hydrogen-bond donors (Lipinski definition) is 1. The van der Waals surface area contributed by atoms with Crippen molar-refractivity contribution in [2.75, 3.05) is 23.4 Å². The maximum absolute atomic E-state index is 12.0. The fourth-order valence-corrected chi connectivity index (χ4v) is 3.04. The van der Waals surface area contributed by atoms with Crippen LogP contribution in [0.5, 0.6) is 0 Å². The fraction of sp³-hybridized carbons (Fsp3) is 0.250. The van der Waals surface area contributed by atoms with Crippen molar-refractivity contribution in [1.29, 1.82) is 0 Å². The second kappa shape index (κ2) is 8.51. The van der Waals surface area contributed by atoms with Gasteiger partial charge in [-0.1, -0.05) is 0 Å². The van der Waals surface area contributed by atoms with E-state index in [4.69, 9.17) is 4.74 Å². The summed E-state index contributed by atoms with van der Waals surface area (Å²) in [6.07, 6.45) is 1.37.